The maximum absolute atomic E-state index is 13.9. The number of rotatable bonds is 7. The smallest absolute Gasteiger partial charge is 0.298 e. The van der Waals surface area contributed by atoms with Gasteiger partial charge in [-0.2, -0.15) is 14.0 Å². The molecule has 0 aliphatic carbocycles. The molecule has 0 saturated carbocycles. The molecule has 0 spiro atoms. The molecule has 3 N–H and O–H groups in total. The predicted octanol–water partition coefficient (Wildman–Crippen LogP) is 2.04. The number of anilines is 2. The number of nitriles is 1. The number of carbonyl (C=O) groups is 2. The molecule has 1 aromatic carbocycles. The van der Waals surface area contributed by atoms with E-state index >= 15 is 0 Å². The summed E-state index contributed by atoms with van der Waals surface area (Å²) in [4.78, 5) is 22.3. The molecule has 0 atom stereocenters. The molecule has 146 valence electrons. The Morgan fingerprint density at radius 1 is 1.33 bits per heavy atom. The topological polar surface area (TPSA) is 128 Å². The Morgan fingerprint density at radius 2 is 1.93 bits per heavy atom. The zero-order chi connectivity index (χ0) is 21.0. The van der Waals surface area contributed by atoms with Gasteiger partial charge in [-0.25, -0.2) is 12.8 Å². The summed E-state index contributed by atoms with van der Waals surface area (Å²) in [7, 11) is -3.82. The minimum Gasteiger partial charge on any atom is -0.298 e. The van der Waals surface area contributed by atoms with Gasteiger partial charge in [0.1, 0.15) is 22.5 Å². The van der Waals surface area contributed by atoms with Gasteiger partial charge < -0.3 is 0 Å². The fraction of sp³-hybridized carbons (Fsp3) is 0.154. The van der Waals surface area contributed by atoms with Crippen molar-refractivity contribution in [3.63, 3.8) is 0 Å². The highest BCUT2D eigenvalue weighted by molar-refractivity contribution is 7.92. The number of nitrogens with zero attached hydrogens (tertiary/aromatic N) is 1. The van der Waals surface area contributed by atoms with Crippen molar-refractivity contribution < 1.29 is 31.2 Å². The minimum atomic E-state index is -4.22. The number of alkyl halides is 3. The van der Waals surface area contributed by atoms with Crippen LogP contribution in [0.15, 0.2) is 22.7 Å². The van der Waals surface area contributed by atoms with E-state index in [2.05, 4.69) is 11.6 Å². The molecular weight excluding hydrogens is 436 g/mol. The van der Waals surface area contributed by atoms with Crippen LogP contribution in [0.25, 0.3) is 0 Å². The zero-order valence-corrected chi connectivity index (χ0v) is 15.4. The second-order valence-electron chi connectivity index (χ2n) is 4.79. The molecule has 0 unspecified atom stereocenters. The van der Waals surface area contributed by atoms with Gasteiger partial charge in [-0.15, -0.1) is 0 Å². The maximum Gasteiger partial charge on any atom is 0.353 e. The number of hydrogen-bond acceptors (Lipinski definition) is 6. The van der Waals surface area contributed by atoms with Gasteiger partial charge in [-0.3, -0.25) is 25.2 Å². The van der Waals surface area contributed by atoms with E-state index in [0.717, 1.165) is 12.3 Å². The molecule has 8 nitrogen and oxygen atoms in total. The Labute approximate surface area is 160 Å². The lowest BCUT2D eigenvalue weighted by Gasteiger charge is -2.14. The van der Waals surface area contributed by atoms with Gasteiger partial charge in [0.15, 0.2) is 6.29 Å². The molecule has 1 aromatic rings. The average molecular weight is 445 g/mol. The summed E-state index contributed by atoms with van der Waals surface area (Å²) in [5, 5.41) is 3.42. The normalized spacial score (nSPS) is 12.5. The molecule has 0 bridgehead atoms. The highest BCUT2D eigenvalue weighted by atomic mass is 35.5. The van der Waals surface area contributed by atoms with E-state index in [1.807, 2.05) is 10.1 Å². The summed E-state index contributed by atoms with van der Waals surface area (Å²) in [5.74, 6) is -2.55. The first-order valence-electron chi connectivity index (χ1n) is 6.50. The molecule has 0 fully saturated rings. The summed E-state index contributed by atoms with van der Waals surface area (Å²) in [6.07, 6.45) is 0.357. The van der Waals surface area contributed by atoms with Gasteiger partial charge in [0.25, 0.3) is 5.91 Å². The number of hydrogen-bond donors (Lipinski definition) is 3. The van der Waals surface area contributed by atoms with Gasteiger partial charge in [0, 0.05) is 0 Å². The molecule has 0 heterocycles. The Bertz CT molecular complexity index is 956. The molecule has 14 heteroatoms. The monoisotopic (exact) mass is 444 g/mol. The van der Waals surface area contributed by atoms with Crippen LogP contribution in [0, 0.1) is 17.1 Å². The standard InChI is InChI=1S/C13H9Cl2F3N4O4S/c1-27(25,26)22-9-3-10(8(16)2-6(9)4-19)20-21-12(24)11(14)7(5-23)13(15,17)18/h2-3,5,20,22H,1H3,(H,21,24). The van der Waals surface area contributed by atoms with E-state index in [-0.39, 0.29) is 11.3 Å². The molecular formula is C13H9Cl2F3N4O4S. The molecule has 0 aromatic heterocycles. The fourth-order valence-electron chi connectivity index (χ4n) is 1.59. The Kier molecular flexibility index (Phi) is 7.07. The molecule has 1 amide bonds. The molecule has 1 rings (SSSR count). The van der Waals surface area contributed by atoms with E-state index in [1.54, 1.807) is 11.5 Å². The fourth-order valence-corrected chi connectivity index (χ4v) is 2.56. The third-order valence-corrected chi connectivity index (χ3v) is 3.86. The lowest BCUT2D eigenvalue weighted by Crippen LogP contribution is -2.32. The van der Waals surface area contributed by atoms with Gasteiger partial charge in [-0.05, 0) is 23.7 Å². The van der Waals surface area contributed by atoms with E-state index in [4.69, 9.17) is 16.9 Å². The van der Waals surface area contributed by atoms with Crippen LogP contribution in [0.4, 0.5) is 24.5 Å². The third kappa shape index (κ3) is 6.31. The highest BCUT2D eigenvalue weighted by Crippen LogP contribution is 2.31. The lowest BCUT2D eigenvalue weighted by atomic mass is 10.1. The van der Waals surface area contributed by atoms with Crippen LogP contribution in [-0.2, 0) is 19.6 Å². The van der Waals surface area contributed by atoms with Crippen molar-refractivity contribution in [2.45, 2.75) is 5.38 Å². The summed E-state index contributed by atoms with van der Waals surface area (Å²) >= 11 is 9.99. The number of amides is 1. The van der Waals surface area contributed by atoms with Crippen molar-refractivity contribution in [1.29, 1.82) is 5.26 Å². The number of sulfonamides is 1. The average Bonchev–Trinajstić information content (AvgIpc) is 2.52. The van der Waals surface area contributed by atoms with Crippen LogP contribution in [0.1, 0.15) is 5.56 Å². The summed E-state index contributed by atoms with van der Waals surface area (Å²) in [6, 6.07) is 3.04. The third-order valence-electron chi connectivity index (χ3n) is 2.69. The molecule has 0 aliphatic heterocycles. The Balaban J connectivity index is 3.15. The van der Waals surface area contributed by atoms with E-state index in [0.29, 0.717) is 6.07 Å². The number of nitrogens with one attached hydrogen (secondary N) is 3. The van der Waals surface area contributed by atoms with Crippen LogP contribution in [-0.4, -0.2) is 32.2 Å². The van der Waals surface area contributed by atoms with Crippen LogP contribution < -0.4 is 15.6 Å². The van der Waals surface area contributed by atoms with Crippen molar-refractivity contribution in [3.05, 3.63) is 34.1 Å². The predicted molar refractivity (Wildman–Crippen MR) is 91.1 cm³/mol. The number of hydrazine groups is 1. The highest BCUT2D eigenvalue weighted by Gasteiger charge is 2.35. The van der Waals surface area contributed by atoms with Crippen molar-refractivity contribution in [2.75, 3.05) is 16.4 Å². The quantitative estimate of drug-likeness (QED) is 0.255. The van der Waals surface area contributed by atoms with Crippen molar-refractivity contribution in [2.24, 2.45) is 0 Å². The van der Waals surface area contributed by atoms with Gasteiger partial charge in [-0.1, -0.05) is 11.6 Å². The molecule has 0 saturated heterocycles. The van der Waals surface area contributed by atoms with E-state index < -0.39 is 49.7 Å². The molecule has 0 radical (unpaired) electrons. The zero-order valence-electron chi connectivity index (χ0n) is 13.1. The van der Waals surface area contributed by atoms with Gasteiger partial charge >= 0.3 is 5.38 Å². The van der Waals surface area contributed by atoms with E-state index in [9.17, 15) is 31.2 Å². The van der Waals surface area contributed by atoms with Gasteiger partial charge in [0.05, 0.1) is 23.2 Å². The van der Waals surface area contributed by atoms with Crippen molar-refractivity contribution >= 4 is 56.8 Å². The second-order valence-corrected chi connectivity index (χ2v) is 7.39. The number of allylic oxidation sites excluding steroid dienone is 1. The largest absolute Gasteiger partial charge is 0.353 e. The maximum atomic E-state index is 13.9. The van der Waals surface area contributed by atoms with Crippen LogP contribution in [0.2, 0.25) is 0 Å². The summed E-state index contributed by atoms with van der Waals surface area (Å²) < 4.78 is 64.4. The van der Waals surface area contributed by atoms with Crippen LogP contribution in [0.3, 0.4) is 0 Å². The van der Waals surface area contributed by atoms with Gasteiger partial charge in [0.2, 0.25) is 10.0 Å². The lowest BCUT2D eigenvalue weighted by molar-refractivity contribution is -0.117. The SMILES string of the molecule is CS(=O)(=O)Nc1cc(NNC(=O)C(Cl)=C(C=O)C(F)(F)Cl)c(F)cc1C#N. The number of benzene rings is 1. The summed E-state index contributed by atoms with van der Waals surface area (Å²) in [5.41, 5.74) is 0.940. The second kappa shape index (κ2) is 8.47. The molecule has 0 aliphatic rings. The minimum absolute atomic E-state index is 0.319. The number of halogens is 5. The number of aldehydes is 1. The van der Waals surface area contributed by atoms with Crippen molar-refractivity contribution in [1.82, 2.24) is 5.43 Å². The molecule has 27 heavy (non-hydrogen) atoms. The summed E-state index contributed by atoms with van der Waals surface area (Å²) in [6.45, 7) is 0. The van der Waals surface area contributed by atoms with E-state index in [1.165, 1.54) is 0 Å². The van der Waals surface area contributed by atoms with Crippen LogP contribution >= 0.6 is 23.2 Å². The Hall–Kier alpha value is -2.49. The first-order chi connectivity index (χ1) is 12.3. The number of carbonyl (C=O) groups excluding carboxylic acids is 2. The first-order valence-corrected chi connectivity index (χ1v) is 9.14. The van der Waals surface area contributed by atoms with Crippen LogP contribution in [0.5, 0.6) is 0 Å². The Morgan fingerprint density at radius 3 is 2.37 bits per heavy atom. The van der Waals surface area contributed by atoms with Crippen molar-refractivity contribution in [3.8, 4) is 6.07 Å². The first kappa shape index (κ1) is 22.6.